The molecule has 3 fully saturated rings. The highest BCUT2D eigenvalue weighted by molar-refractivity contribution is 5.85. The van der Waals surface area contributed by atoms with Crippen molar-refractivity contribution in [2.45, 2.75) is 31.7 Å². The topological polar surface area (TPSA) is 51.2 Å². The average Bonchev–Trinajstić information content (AvgIpc) is 3.25. The van der Waals surface area contributed by atoms with Gasteiger partial charge in [-0.3, -0.25) is 9.69 Å². The first-order valence-corrected chi connectivity index (χ1v) is 9.67. The lowest BCUT2D eigenvalue weighted by Crippen LogP contribution is -2.55. The molecule has 0 aromatic heterocycles. The van der Waals surface area contributed by atoms with E-state index in [2.05, 4.69) is 26.7 Å². The summed E-state index contributed by atoms with van der Waals surface area (Å²) in [6, 6.07) is 0.817. The summed E-state index contributed by atoms with van der Waals surface area (Å²) in [5.41, 5.74) is 0. The molecule has 1 heterocycles. The number of aliphatic imine (C=N–C) groups is 1. The second-order valence-corrected chi connectivity index (χ2v) is 7.86. The van der Waals surface area contributed by atoms with Crippen molar-refractivity contribution in [3.63, 3.8) is 0 Å². The number of carbonyl (C=O) groups excluding carboxylic acids is 1. The van der Waals surface area contributed by atoms with Crippen LogP contribution in [0, 0.1) is 11.8 Å². The summed E-state index contributed by atoms with van der Waals surface area (Å²) < 4.78 is 0. The van der Waals surface area contributed by atoms with E-state index in [0.717, 1.165) is 50.0 Å². The number of rotatable bonds is 5. The van der Waals surface area contributed by atoms with Crippen LogP contribution in [0.3, 0.4) is 0 Å². The minimum absolute atomic E-state index is 0.0264. The molecule has 6 nitrogen and oxygen atoms in total. The van der Waals surface area contributed by atoms with E-state index in [1.54, 1.807) is 19.0 Å². The van der Waals surface area contributed by atoms with Gasteiger partial charge in [-0.25, -0.2) is 4.99 Å². The molecule has 3 aliphatic rings. The SMILES string of the molecule is C=CCNC(=NCC(=O)N(C)C)N1CCN(C2CC3CCC2C3)CC1. The summed E-state index contributed by atoms with van der Waals surface area (Å²) in [6.45, 7) is 8.79. The van der Waals surface area contributed by atoms with Crippen molar-refractivity contribution < 1.29 is 4.79 Å². The molecule has 0 aromatic rings. The van der Waals surface area contributed by atoms with Gasteiger partial charge < -0.3 is 15.1 Å². The monoisotopic (exact) mass is 347 g/mol. The normalized spacial score (nSPS) is 29.8. The lowest BCUT2D eigenvalue weighted by molar-refractivity contribution is -0.127. The van der Waals surface area contributed by atoms with E-state index in [0.29, 0.717) is 6.54 Å². The predicted molar refractivity (Wildman–Crippen MR) is 102 cm³/mol. The molecular weight excluding hydrogens is 314 g/mol. The van der Waals surface area contributed by atoms with Gasteiger partial charge in [0.2, 0.25) is 5.91 Å². The third-order valence-electron chi connectivity index (χ3n) is 6.05. The lowest BCUT2D eigenvalue weighted by atomic mass is 9.93. The molecule has 1 N–H and O–H groups in total. The summed E-state index contributed by atoms with van der Waals surface area (Å²) in [5, 5.41) is 3.31. The number of amides is 1. The highest BCUT2D eigenvalue weighted by atomic mass is 16.2. The molecule has 1 amide bonds. The standard InChI is InChI=1S/C19H33N5O/c1-4-7-20-19(21-14-18(25)22(2)3)24-10-8-23(9-11-24)17-13-15-5-6-16(17)12-15/h4,15-17H,1,5-14H2,2-3H3,(H,20,21). The zero-order chi connectivity index (χ0) is 17.8. The van der Waals surface area contributed by atoms with Gasteiger partial charge in [-0.2, -0.15) is 0 Å². The van der Waals surface area contributed by atoms with Crippen LogP contribution in [0.1, 0.15) is 25.7 Å². The fourth-order valence-corrected chi connectivity index (χ4v) is 4.64. The van der Waals surface area contributed by atoms with Crippen LogP contribution >= 0.6 is 0 Å². The quantitative estimate of drug-likeness (QED) is 0.458. The van der Waals surface area contributed by atoms with Gasteiger partial charge in [0.15, 0.2) is 5.96 Å². The third-order valence-corrected chi connectivity index (χ3v) is 6.05. The first-order chi connectivity index (χ1) is 12.1. The minimum Gasteiger partial charge on any atom is -0.353 e. The van der Waals surface area contributed by atoms with E-state index in [4.69, 9.17) is 0 Å². The molecule has 0 radical (unpaired) electrons. The zero-order valence-corrected chi connectivity index (χ0v) is 15.8. The summed E-state index contributed by atoms with van der Waals surface area (Å²) in [7, 11) is 3.53. The number of carbonyl (C=O) groups is 1. The van der Waals surface area contributed by atoms with Crippen LogP contribution in [0.5, 0.6) is 0 Å². The first-order valence-electron chi connectivity index (χ1n) is 9.67. The largest absolute Gasteiger partial charge is 0.353 e. The molecule has 2 bridgehead atoms. The summed E-state index contributed by atoms with van der Waals surface area (Å²) in [4.78, 5) is 23.0. The van der Waals surface area contributed by atoms with Crippen molar-refractivity contribution in [3.05, 3.63) is 12.7 Å². The van der Waals surface area contributed by atoms with Crippen molar-refractivity contribution in [3.8, 4) is 0 Å². The average molecular weight is 348 g/mol. The third kappa shape index (κ3) is 4.35. The van der Waals surface area contributed by atoms with E-state index in [1.165, 1.54) is 25.7 Å². The minimum atomic E-state index is 0.0264. The van der Waals surface area contributed by atoms with Gasteiger partial charge in [-0.05, 0) is 31.1 Å². The van der Waals surface area contributed by atoms with Crippen molar-refractivity contribution in [1.82, 2.24) is 20.0 Å². The van der Waals surface area contributed by atoms with Gasteiger partial charge in [-0.15, -0.1) is 6.58 Å². The summed E-state index contributed by atoms with van der Waals surface area (Å²) >= 11 is 0. The second kappa shape index (κ2) is 8.21. The maximum atomic E-state index is 11.8. The molecule has 0 aromatic carbocycles. The molecule has 1 saturated heterocycles. The van der Waals surface area contributed by atoms with Crippen LogP contribution in [0.4, 0.5) is 0 Å². The molecule has 3 rings (SSSR count). The van der Waals surface area contributed by atoms with E-state index < -0.39 is 0 Å². The molecule has 3 unspecified atom stereocenters. The van der Waals surface area contributed by atoms with Gasteiger partial charge in [0, 0.05) is 52.9 Å². The number of nitrogens with one attached hydrogen (secondary N) is 1. The maximum Gasteiger partial charge on any atom is 0.243 e. The molecular formula is C19H33N5O. The Balaban J connectivity index is 1.54. The molecule has 25 heavy (non-hydrogen) atoms. The Hall–Kier alpha value is -1.56. The Morgan fingerprint density at radius 3 is 2.56 bits per heavy atom. The van der Waals surface area contributed by atoms with E-state index >= 15 is 0 Å². The molecule has 2 saturated carbocycles. The summed E-state index contributed by atoms with van der Waals surface area (Å²) in [6.07, 6.45) is 7.61. The van der Waals surface area contributed by atoms with Gasteiger partial charge in [0.1, 0.15) is 6.54 Å². The Morgan fingerprint density at radius 1 is 1.24 bits per heavy atom. The Bertz CT molecular complexity index is 510. The zero-order valence-electron chi connectivity index (χ0n) is 15.8. The molecule has 0 spiro atoms. The smallest absolute Gasteiger partial charge is 0.243 e. The highest BCUT2D eigenvalue weighted by Gasteiger charge is 2.42. The fourth-order valence-electron chi connectivity index (χ4n) is 4.64. The first kappa shape index (κ1) is 18.2. The maximum absolute atomic E-state index is 11.8. The van der Waals surface area contributed by atoms with Crippen LogP contribution in [-0.2, 0) is 4.79 Å². The van der Waals surface area contributed by atoms with Crippen LogP contribution < -0.4 is 5.32 Å². The van der Waals surface area contributed by atoms with Gasteiger partial charge in [0.05, 0.1) is 0 Å². The van der Waals surface area contributed by atoms with Gasteiger partial charge in [0.25, 0.3) is 0 Å². The van der Waals surface area contributed by atoms with E-state index in [9.17, 15) is 4.79 Å². The predicted octanol–water partition coefficient (Wildman–Crippen LogP) is 1.01. The number of hydrogen-bond donors (Lipinski definition) is 1. The number of fused-ring (bicyclic) bond motifs is 2. The van der Waals surface area contributed by atoms with Crippen molar-refractivity contribution in [2.24, 2.45) is 16.8 Å². The molecule has 2 aliphatic carbocycles. The fraction of sp³-hybridized carbons (Fsp3) is 0.789. The number of piperazine rings is 1. The van der Waals surface area contributed by atoms with Crippen LogP contribution in [0.15, 0.2) is 17.6 Å². The summed E-state index contributed by atoms with van der Waals surface area (Å²) in [5.74, 6) is 2.80. The van der Waals surface area contributed by atoms with Gasteiger partial charge >= 0.3 is 0 Å². The van der Waals surface area contributed by atoms with E-state index in [1.807, 2.05) is 6.08 Å². The van der Waals surface area contributed by atoms with Crippen LogP contribution in [0.2, 0.25) is 0 Å². The van der Waals surface area contributed by atoms with Crippen molar-refractivity contribution >= 4 is 11.9 Å². The Labute approximate surface area is 151 Å². The van der Waals surface area contributed by atoms with Gasteiger partial charge in [-0.1, -0.05) is 12.5 Å². The highest BCUT2D eigenvalue weighted by Crippen LogP contribution is 2.46. The molecule has 3 atom stereocenters. The van der Waals surface area contributed by atoms with Crippen LogP contribution in [-0.4, -0.2) is 86.0 Å². The Morgan fingerprint density at radius 2 is 2.00 bits per heavy atom. The number of nitrogens with zero attached hydrogens (tertiary/aromatic N) is 4. The number of guanidine groups is 1. The number of hydrogen-bond acceptors (Lipinski definition) is 3. The molecule has 6 heteroatoms. The van der Waals surface area contributed by atoms with Crippen molar-refractivity contribution in [1.29, 1.82) is 0 Å². The lowest BCUT2D eigenvalue weighted by Gasteiger charge is -2.42. The second-order valence-electron chi connectivity index (χ2n) is 7.86. The molecule has 1 aliphatic heterocycles. The van der Waals surface area contributed by atoms with Crippen molar-refractivity contribution in [2.75, 3.05) is 53.4 Å². The molecule has 140 valence electrons. The van der Waals surface area contributed by atoms with E-state index in [-0.39, 0.29) is 12.5 Å². The number of likely N-dealkylation sites (N-methyl/N-ethyl adjacent to an activating group) is 1. The van der Waals surface area contributed by atoms with Crippen LogP contribution in [0.25, 0.3) is 0 Å². The Kier molecular flexibility index (Phi) is 5.99.